The second kappa shape index (κ2) is 10.4. The molecule has 4 aromatic heterocycles. The maximum absolute atomic E-state index is 14.4. The number of halogens is 1. The summed E-state index contributed by atoms with van der Waals surface area (Å²) < 4.78 is 23.5. The summed E-state index contributed by atoms with van der Waals surface area (Å²) in [5.41, 5.74) is 4.04. The van der Waals surface area contributed by atoms with Gasteiger partial charge in [-0.15, -0.1) is 0 Å². The number of aromatic nitrogens is 5. The molecule has 0 amide bonds. The van der Waals surface area contributed by atoms with Crippen molar-refractivity contribution in [3.8, 4) is 17.2 Å². The Bertz CT molecular complexity index is 1420. The van der Waals surface area contributed by atoms with Crippen LogP contribution in [0.25, 0.3) is 16.6 Å². The number of methoxy groups -OCH3 is 1. The third kappa shape index (κ3) is 4.62. The number of nitrogens with zero attached hydrogens (tertiary/aromatic N) is 7. The minimum absolute atomic E-state index is 0.253. The fourth-order valence-corrected chi connectivity index (χ4v) is 5.91. The number of hydrogen-bond donors (Lipinski definition) is 0. The van der Waals surface area contributed by atoms with Gasteiger partial charge in [-0.25, -0.2) is 13.9 Å². The zero-order valence-electron chi connectivity index (χ0n) is 20.6. The number of rotatable bonds is 7. The first-order chi connectivity index (χ1) is 17.5. The van der Waals surface area contributed by atoms with Crippen molar-refractivity contribution in [2.75, 3.05) is 26.8 Å². The van der Waals surface area contributed by atoms with Gasteiger partial charge in [-0.05, 0) is 44.9 Å². The van der Waals surface area contributed by atoms with Gasteiger partial charge < -0.3 is 4.74 Å². The van der Waals surface area contributed by atoms with Crippen molar-refractivity contribution in [2.24, 2.45) is 0 Å². The van der Waals surface area contributed by atoms with Crippen LogP contribution in [0.15, 0.2) is 52.9 Å². The van der Waals surface area contributed by atoms with Gasteiger partial charge in [0.2, 0.25) is 0 Å². The van der Waals surface area contributed by atoms with E-state index < -0.39 is 5.82 Å². The van der Waals surface area contributed by atoms with E-state index in [1.165, 1.54) is 24.0 Å². The first-order valence-electron chi connectivity index (χ1n) is 12.0. The minimum atomic E-state index is -0.403. The highest BCUT2D eigenvalue weighted by atomic mass is 32.2. The van der Waals surface area contributed by atoms with E-state index >= 15 is 0 Å². The van der Waals surface area contributed by atoms with Gasteiger partial charge in [-0.2, -0.15) is 15.5 Å². The third-order valence-electron chi connectivity index (χ3n) is 6.86. The molecule has 0 saturated carbocycles. The van der Waals surface area contributed by atoms with Gasteiger partial charge in [0.25, 0.3) is 0 Å². The molecule has 5 rings (SSSR count). The van der Waals surface area contributed by atoms with E-state index in [-0.39, 0.29) is 5.03 Å². The molecule has 5 heterocycles. The molecule has 0 aromatic carbocycles. The standard InChI is InChI=1S/C26H28FN7OS/c1-17(16-35-3)32-9-6-21(7-10-32)34-18(2)22(14-31-34)19-11-24(36-26-23(27)5-4-8-29-26)25-20(12-28)13-30-33(25)15-19/h4-5,8,11,13-15,17,21H,6-7,9-10,16H2,1-3H3. The van der Waals surface area contributed by atoms with Gasteiger partial charge in [-0.3, -0.25) is 9.58 Å². The minimum Gasteiger partial charge on any atom is -0.383 e. The number of pyridine rings is 2. The number of ether oxygens (including phenoxy) is 1. The predicted octanol–water partition coefficient (Wildman–Crippen LogP) is 4.74. The Morgan fingerprint density at radius 2 is 2.08 bits per heavy atom. The molecule has 4 aromatic rings. The summed E-state index contributed by atoms with van der Waals surface area (Å²) >= 11 is 1.19. The average Bonchev–Trinajstić information content (AvgIpc) is 3.49. The SMILES string of the molecule is COCC(C)N1CCC(n2ncc(-c3cc(Sc4ncccc4F)c4c(C#N)cnn4c3)c2C)CC1. The molecule has 0 N–H and O–H groups in total. The summed E-state index contributed by atoms with van der Waals surface area (Å²) in [6, 6.07) is 7.84. The zero-order chi connectivity index (χ0) is 25.2. The van der Waals surface area contributed by atoms with Crippen LogP contribution in [0.5, 0.6) is 0 Å². The molecule has 0 spiro atoms. The Hall–Kier alpha value is -3.26. The van der Waals surface area contributed by atoms with Crippen LogP contribution in [-0.4, -0.2) is 62.1 Å². The highest BCUT2D eigenvalue weighted by molar-refractivity contribution is 7.99. The molecule has 1 fully saturated rings. The fourth-order valence-electron chi connectivity index (χ4n) is 4.93. The number of likely N-dealkylation sites (tertiary alicyclic amines) is 1. The van der Waals surface area contributed by atoms with E-state index in [0.29, 0.717) is 28.1 Å². The summed E-state index contributed by atoms with van der Waals surface area (Å²) in [4.78, 5) is 7.37. The smallest absolute Gasteiger partial charge is 0.155 e. The van der Waals surface area contributed by atoms with E-state index in [2.05, 4.69) is 39.6 Å². The first kappa shape index (κ1) is 24.4. The number of nitriles is 1. The lowest BCUT2D eigenvalue weighted by molar-refractivity contribution is 0.0731. The summed E-state index contributed by atoms with van der Waals surface area (Å²) in [6.07, 6.45) is 8.94. The lowest BCUT2D eigenvalue weighted by Gasteiger charge is -2.36. The lowest BCUT2D eigenvalue weighted by atomic mass is 10.0. The van der Waals surface area contributed by atoms with Crippen molar-refractivity contribution >= 4 is 17.3 Å². The highest BCUT2D eigenvalue weighted by Crippen LogP contribution is 2.37. The Balaban J connectivity index is 1.47. The number of piperidine rings is 1. The van der Waals surface area contributed by atoms with Crippen molar-refractivity contribution in [2.45, 2.75) is 48.7 Å². The molecule has 1 saturated heterocycles. The Labute approximate surface area is 213 Å². The summed E-state index contributed by atoms with van der Waals surface area (Å²) in [5.74, 6) is -0.403. The van der Waals surface area contributed by atoms with Crippen LogP contribution < -0.4 is 0 Å². The van der Waals surface area contributed by atoms with Crippen LogP contribution >= 0.6 is 11.8 Å². The number of fused-ring (bicyclic) bond motifs is 1. The van der Waals surface area contributed by atoms with E-state index in [4.69, 9.17) is 9.84 Å². The van der Waals surface area contributed by atoms with Crippen molar-refractivity contribution in [3.05, 3.63) is 60.1 Å². The van der Waals surface area contributed by atoms with Gasteiger partial charge in [0.05, 0.1) is 36.1 Å². The highest BCUT2D eigenvalue weighted by Gasteiger charge is 2.26. The predicted molar refractivity (Wildman–Crippen MR) is 135 cm³/mol. The van der Waals surface area contributed by atoms with Crippen LogP contribution in [0.4, 0.5) is 4.39 Å². The lowest BCUT2D eigenvalue weighted by Crippen LogP contribution is -2.42. The van der Waals surface area contributed by atoms with E-state index in [0.717, 1.165) is 49.4 Å². The Morgan fingerprint density at radius 3 is 2.81 bits per heavy atom. The molecule has 0 bridgehead atoms. The van der Waals surface area contributed by atoms with Gasteiger partial charge >= 0.3 is 0 Å². The van der Waals surface area contributed by atoms with Crippen LogP contribution in [0, 0.1) is 24.1 Å². The maximum Gasteiger partial charge on any atom is 0.155 e. The normalized spacial score (nSPS) is 15.9. The van der Waals surface area contributed by atoms with E-state index in [1.807, 2.05) is 18.5 Å². The number of hydrogen-bond acceptors (Lipinski definition) is 7. The first-order valence-corrected chi connectivity index (χ1v) is 12.8. The van der Waals surface area contributed by atoms with Crippen molar-refractivity contribution in [3.63, 3.8) is 0 Å². The average molecular weight is 506 g/mol. The van der Waals surface area contributed by atoms with Gasteiger partial charge in [0.1, 0.15) is 11.1 Å². The second-order valence-electron chi connectivity index (χ2n) is 9.11. The zero-order valence-corrected chi connectivity index (χ0v) is 21.4. The molecule has 36 heavy (non-hydrogen) atoms. The van der Waals surface area contributed by atoms with Gasteiger partial charge in [0.15, 0.2) is 5.82 Å². The van der Waals surface area contributed by atoms with Crippen LogP contribution in [0.2, 0.25) is 0 Å². The molecule has 1 aliphatic heterocycles. The molecule has 8 nitrogen and oxygen atoms in total. The van der Waals surface area contributed by atoms with Crippen molar-refractivity contribution < 1.29 is 9.13 Å². The molecule has 0 aliphatic carbocycles. The monoisotopic (exact) mass is 505 g/mol. The molecule has 10 heteroatoms. The van der Waals surface area contributed by atoms with Crippen molar-refractivity contribution in [1.82, 2.24) is 29.3 Å². The van der Waals surface area contributed by atoms with Gasteiger partial charge in [0, 0.05) is 60.4 Å². The van der Waals surface area contributed by atoms with E-state index in [1.54, 1.807) is 23.9 Å². The quantitative estimate of drug-likeness (QED) is 0.359. The molecule has 1 atom stereocenters. The Kier molecular flexibility index (Phi) is 7.05. The second-order valence-corrected chi connectivity index (χ2v) is 10.1. The molecule has 1 unspecified atom stereocenters. The fraction of sp³-hybridized carbons (Fsp3) is 0.385. The maximum atomic E-state index is 14.4. The molecule has 0 radical (unpaired) electrons. The van der Waals surface area contributed by atoms with Gasteiger partial charge in [-0.1, -0.05) is 11.8 Å². The molecule has 186 valence electrons. The summed E-state index contributed by atoms with van der Waals surface area (Å²) in [6.45, 7) is 7.05. The molecule has 1 aliphatic rings. The topological polar surface area (TPSA) is 84.3 Å². The summed E-state index contributed by atoms with van der Waals surface area (Å²) in [5, 5.41) is 19.0. The largest absolute Gasteiger partial charge is 0.383 e. The molecular weight excluding hydrogens is 477 g/mol. The van der Waals surface area contributed by atoms with Crippen molar-refractivity contribution in [1.29, 1.82) is 5.26 Å². The van der Waals surface area contributed by atoms with E-state index in [9.17, 15) is 9.65 Å². The third-order valence-corrected chi connectivity index (χ3v) is 7.89. The molecular formula is C26H28FN7OS. The summed E-state index contributed by atoms with van der Waals surface area (Å²) in [7, 11) is 1.75. The van der Waals surface area contributed by atoms with Crippen LogP contribution in [0.1, 0.15) is 37.1 Å². The van der Waals surface area contributed by atoms with Crippen LogP contribution in [0.3, 0.4) is 0 Å². The Morgan fingerprint density at radius 1 is 1.28 bits per heavy atom. The van der Waals surface area contributed by atoms with Crippen LogP contribution in [-0.2, 0) is 4.74 Å².